The van der Waals surface area contributed by atoms with Gasteiger partial charge in [0.15, 0.2) is 11.5 Å². The minimum atomic E-state index is -4.70. The SMILES string of the molecule is COc1ccc2c(-n3ccnc3C)nc(C(F)(F)F)nc2c1OC. The number of hydrogen-bond donors (Lipinski definition) is 0. The topological polar surface area (TPSA) is 62.1 Å². The number of alkyl halides is 3. The van der Waals surface area contributed by atoms with Crippen molar-refractivity contribution in [3.05, 3.63) is 36.2 Å². The molecule has 24 heavy (non-hydrogen) atoms. The first-order valence-corrected chi connectivity index (χ1v) is 6.87. The first-order chi connectivity index (χ1) is 11.4. The molecule has 0 unspecified atom stereocenters. The summed E-state index contributed by atoms with van der Waals surface area (Å²) in [6.45, 7) is 1.67. The van der Waals surface area contributed by atoms with Crippen LogP contribution in [0.5, 0.6) is 11.5 Å². The van der Waals surface area contributed by atoms with Crippen LogP contribution in [-0.4, -0.2) is 33.7 Å². The van der Waals surface area contributed by atoms with E-state index in [-0.39, 0.29) is 22.8 Å². The highest BCUT2D eigenvalue weighted by Crippen LogP contribution is 2.38. The number of ether oxygens (including phenoxy) is 2. The van der Waals surface area contributed by atoms with Gasteiger partial charge in [-0.2, -0.15) is 13.2 Å². The fourth-order valence-corrected chi connectivity index (χ4v) is 2.41. The highest BCUT2D eigenvalue weighted by atomic mass is 19.4. The van der Waals surface area contributed by atoms with E-state index in [1.165, 1.54) is 31.2 Å². The molecule has 0 spiro atoms. The second kappa shape index (κ2) is 5.66. The van der Waals surface area contributed by atoms with Gasteiger partial charge in [0.05, 0.1) is 14.2 Å². The van der Waals surface area contributed by atoms with Crippen LogP contribution < -0.4 is 9.47 Å². The van der Waals surface area contributed by atoms with Crippen LogP contribution in [0.25, 0.3) is 16.7 Å². The Kier molecular flexibility index (Phi) is 3.78. The van der Waals surface area contributed by atoms with Gasteiger partial charge in [0.1, 0.15) is 17.2 Å². The predicted octanol–water partition coefficient (Wildman–Crippen LogP) is 3.16. The number of hydrogen-bond acceptors (Lipinski definition) is 5. The van der Waals surface area contributed by atoms with Gasteiger partial charge in [0, 0.05) is 17.8 Å². The second-order valence-corrected chi connectivity index (χ2v) is 4.91. The van der Waals surface area contributed by atoms with E-state index in [9.17, 15) is 13.2 Å². The maximum absolute atomic E-state index is 13.2. The average molecular weight is 338 g/mol. The maximum atomic E-state index is 13.2. The van der Waals surface area contributed by atoms with E-state index in [2.05, 4.69) is 15.0 Å². The summed E-state index contributed by atoms with van der Waals surface area (Å²) in [4.78, 5) is 11.4. The van der Waals surface area contributed by atoms with E-state index in [0.29, 0.717) is 11.2 Å². The number of fused-ring (bicyclic) bond motifs is 1. The van der Waals surface area contributed by atoms with Gasteiger partial charge < -0.3 is 9.47 Å². The van der Waals surface area contributed by atoms with Gasteiger partial charge in [0.25, 0.3) is 0 Å². The first kappa shape index (κ1) is 16.0. The number of nitrogens with zero attached hydrogens (tertiary/aromatic N) is 4. The van der Waals surface area contributed by atoms with E-state index >= 15 is 0 Å². The van der Waals surface area contributed by atoms with Crippen molar-refractivity contribution in [3.8, 4) is 17.3 Å². The van der Waals surface area contributed by atoms with Crippen LogP contribution >= 0.6 is 0 Å². The monoisotopic (exact) mass is 338 g/mol. The smallest absolute Gasteiger partial charge is 0.451 e. The summed E-state index contributed by atoms with van der Waals surface area (Å²) in [6.07, 6.45) is -1.68. The molecule has 0 fully saturated rings. The standard InChI is InChI=1S/C15H13F3N4O2/c1-8-19-6-7-22(8)13-9-4-5-10(23-2)12(24-3)11(9)20-14(21-13)15(16,17)18/h4-7H,1-3H3. The first-order valence-electron chi connectivity index (χ1n) is 6.87. The van der Waals surface area contributed by atoms with Crippen LogP contribution in [0, 0.1) is 6.92 Å². The van der Waals surface area contributed by atoms with Crippen molar-refractivity contribution >= 4 is 10.9 Å². The molecule has 6 nitrogen and oxygen atoms in total. The highest BCUT2D eigenvalue weighted by molar-refractivity contribution is 5.92. The molecular formula is C15H13F3N4O2. The van der Waals surface area contributed by atoms with Crippen molar-refractivity contribution < 1.29 is 22.6 Å². The zero-order chi connectivity index (χ0) is 17.5. The van der Waals surface area contributed by atoms with E-state index in [1.54, 1.807) is 19.1 Å². The van der Waals surface area contributed by atoms with Gasteiger partial charge >= 0.3 is 6.18 Å². The molecule has 0 saturated heterocycles. The van der Waals surface area contributed by atoms with E-state index in [4.69, 9.17) is 9.47 Å². The molecule has 1 aromatic carbocycles. The van der Waals surface area contributed by atoms with Crippen molar-refractivity contribution in [2.45, 2.75) is 13.1 Å². The number of rotatable bonds is 3. The van der Waals surface area contributed by atoms with Crippen LogP contribution in [0.2, 0.25) is 0 Å². The third kappa shape index (κ3) is 2.51. The predicted molar refractivity (Wildman–Crippen MR) is 79.5 cm³/mol. The maximum Gasteiger partial charge on any atom is 0.451 e. The van der Waals surface area contributed by atoms with Crippen molar-refractivity contribution in [1.29, 1.82) is 0 Å². The average Bonchev–Trinajstić information content (AvgIpc) is 2.97. The molecule has 0 N–H and O–H groups in total. The van der Waals surface area contributed by atoms with E-state index < -0.39 is 12.0 Å². The summed E-state index contributed by atoms with van der Waals surface area (Å²) >= 11 is 0. The van der Waals surface area contributed by atoms with Crippen LogP contribution in [0.1, 0.15) is 11.6 Å². The zero-order valence-corrected chi connectivity index (χ0v) is 13.0. The molecule has 0 aliphatic carbocycles. The summed E-state index contributed by atoms with van der Waals surface area (Å²) < 4.78 is 51.5. The Morgan fingerprint density at radius 2 is 1.83 bits per heavy atom. The third-order valence-corrected chi connectivity index (χ3v) is 3.50. The van der Waals surface area contributed by atoms with Gasteiger partial charge in [-0.15, -0.1) is 0 Å². The van der Waals surface area contributed by atoms with E-state index in [0.717, 1.165) is 0 Å². The molecular weight excluding hydrogens is 325 g/mol. The summed E-state index contributed by atoms with van der Waals surface area (Å²) in [5, 5.41) is 0.391. The summed E-state index contributed by atoms with van der Waals surface area (Å²) in [5.74, 6) is -0.294. The van der Waals surface area contributed by atoms with Crippen molar-refractivity contribution in [1.82, 2.24) is 19.5 Å². The van der Waals surface area contributed by atoms with Gasteiger partial charge in [-0.1, -0.05) is 0 Å². The Morgan fingerprint density at radius 3 is 2.38 bits per heavy atom. The van der Waals surface area contributed by atoms with Crippen molar-refractivity contribution in [2.75, 3.05) is 14.2 Å². The molecule has 2 heterocycles. The molecule has 0 aliphatic rings. The Bertz CT molecular complexity index is 906. The quantitative estimate of drug-likeness (QED) is 0.734. The lowest BCUT2D eigenvalue weighted by atomic mass is 10.2. The van der Waals surface area contributed by atoms with Gasteiger partial charge in [0.2, 0.25) is 5.82 Å². The van der Waals surface area contributed by atoms with Crippen molar-refractivity contribution in [2.24, 2.45) is 0 Å². The molecule has 0 atom stereocenters. The fourth-order valence-electron chi connectivity index (χ4n) is 2.41. The Hall–Kier alpha value is -2.84. The molecule has 2 aromatic heterocycles. The number of aromatic nitrogens is 4. The zero-order valence-electron chi connectivity index (χ0n) is 13.0. The summed E-state index contributed by atoms with van der Waals surface area (Å²) in [7, 11) is 2.74. The van der Waals surface area contributed by atoms with E-state index in [1.807, 2.05) is 0 Å². The third-order valence-electron chi connectivity index (χ3n) is 3.50. The number of methoxy groups -OCH3 is 2. The van der Waals surface area contributed by atoms with Crippen LogP contribution in [0.3, 0.4) is 0 Å². The molecule has 0 bridgehead atoms. The van der Waals surface area contributed by atoms with Crippen LogP contribution in [-0.2, 0) is 6.18 Å². The minimum Gasteiger partial charge on any atom is -0.493 e. The Morgan fingerprint density at radius 1 is 1.08 bits per heavy atom. The highest BCUT2D eigenvalue weighted by Gasteiger charge is 2.36. The fraction of sp³-hybridized carbons (Fsp3) is 0.267. The lowest BCUT2D eigenvalue weighted by Crippen LogP contribution is -2.14. The summed E-state index contributed by atoms with van der Waals surface area (Å²) in [6, 6.07) is 3.18. The molecule has 0 aliphatic heterocycles. The molecule has 9 heteroatoms. The molecule has 0 amide bonds. The lowest BCUT2D eigenvalue weighted by Gasteiger charge is -2.15. The normalized spacial score (nSPS) is 11.8. The second-order valence-electron chi connectivity index (χ2n) is 4.91. The summed E-state index contributed by atoms with van der Waals surface area (Å²) in [5.41, 5.74) is 0.0160. The Labute approximate surface area is 134 Å². The van der Waals surface area contributed by atoms with Crippen LogP contribution in [0.4, 0.5) is 13.2 Å². The number of halogens is 3. The molecule has 3 aromatic rings. The Balaban J connectivity index is 2.44. The van der Waals surface area contributed by atoms with Crippen molar-refractivity contribution in [3.63, 3.8) is 0 Å². The van der Waals surface area contributed by atoms with Crippen LogP contribution in [0.15, 0.2) is 24.5 Å². The largest absolute Gasteiger partial charge is 0.493 e. The molecule has 126 valence electrons. The number of imidazole rings is 1. The van der Waals surface area contributed by atoms with Gasteiger partial charge in [-0.05, 0) is 19.1 Å². The number of benzene rings is 1. The lowest BCUT2D eigenvalue weighted by molar-refractivity contribution is -0.144. The van der Waals surface area contributed by atoms with Gasteiger partial charge in [-0.3, -0.25) is 4.57 Å². The number of aryl methyl sites for hydroxylation is 1. The molecule has 3 rings (SSSR count). The minimum absolute atomic E-state index is 0.0160. The molecule has 0 radical (unpaired) electrons. The van der Waals surface area contributed by atoms with Gasteiger partial charge in [-0.25, -0.2) is 15.0 Å². The molecule has 0 saturated carbocycles.